The number of nitrogens with zero attached hydrogens (tertiary/aromatic N) is 2. The molecule has 1 aliphatic rings. The van der Waals surface area contributed by atoms with Crippen molar-refractivity contribution in [2.45, 2.75) is 59.2 Å². The molecule has 1 aliphatic heterocycles. The summed E-state index contributed by atoms with van der Waals surface area (Å²) in [5, 5.41) is 3.80. The minimum atomic E-state index is 0.622. The summed E-state index contributed by atoms with van der Waals surface area (Å²) >= 11 is 0. The molecule has 118 valence electrons. The van der Waals surface area contributed by atoms with E-state index in [1.807, 2.05) is 12.4 Å². The largest absolute Gasteiger partial charge is 0.311 e. The second-order valence-electron chi connectivity index (χ2n) is 6.64. The van der Waals surface area contributed by atoms with Crippen LogP contribution in [-0.2, 0) is 6.54 Å². The van der Waals surface area contributed by atoms with Crippen LogP contribution in [0, 0.1) is 11.8 Å². The van der Waals surface area contributed by atoms with Crippen LogP contribution in [-0.4, -0.2) is 35.1 Å². The van der Waals surface area contributed by atoms with Gasteiger partial charge in [-0.25, -0.2) is 0 Å². The molecule has 3 nitrogen and oxygen atoms in total. The van der Waals surface area contributed by atoms with Gasteiger partial charge in [0.05, 0.1) is 0 Å². The third-order valence-electron chi connectivity index (χ3n) is 5.26. The van der Waals surface area contributed by atoms with Gasteiger partial charge in [-0.05, 0) is 29.5 Å². The average Bonchev–Trinajstić information content (AvgIpc) is 2.54. The van der Waals surface area contributed by atoms with Crippen molar-refractivity contribution in [3.8, 4) is 0 Å². The normalized spacial score (nSPS) is 26.5. The zero-order valence-electron chi connectivity index (χ0n) is 14.0. The van der Waals surface area contributed by atoms with E-state index < -0.39 is 0 Å². The van der Waals surface area contributed by atoms with Gasteiger partial charge < -0.3 is 5.32 Å². The van der Waals surface area contributed by atoms with Gasteiger partial charge in [0.1, 0.15) is 0 Å². The lowest BCUT2D eigenvalue weighted by Gasteiger charge is -2.44. The highest BCUT2D eigenvalue weighted by molar-refractivity contribution is 5.10. The molecule has 21 heavy (non-hydrogen) atoms. The summed E-state index contributed by atoms with van der Waals surface area (Å²) in [5.74, 6) is 1.47. The van der Waals surface area contributed by atoms with Crippen molar-refractivity contribution in [2.24, 2.45) is 11.8 Å². The minimum absolute atomic E-state index is 0.622. The smallest absolute Gasteiger partial charge is 0.0271 e. The number of hydrogen-bond donors (Lipinski definition) is 1. The molecular weight excluding hydrogens is 258 g/mol. The fourth-order valence-corrected chi connectivity index (χ4v) is 3.26. The van der Waals surface area contributed by atoms with E-state index in [1.54, 1.807) is 0 Å². The summed E-state index contributed by atoms with van der Waals surface area (Å²) in [6.07, 6.45) is 6.30. The minimum Gasteiger partial charge on any atom is -0.311 e. The molecule has 1 saturated heterocycles. The van der Waals surface area contributed by atoms with Crippen molar-refractivity contribution in [3.63, 3.8) is 0 Å². The van der Waals surface area contributed by atoms with Crippen LogP contribution < -0.4 is 5.32 Å². The number of rotatable bonds is 6. The first-order valence-electron chi connectivity index (χ1n) is 8.52. The first-order chi connectivity index (χ1) is 10.2. The van der Waals surface area contributed by atoms with Crippen LogP contribution in [0.3, 0.4) is 0 Å². The molecule has 1 aromatic rings. The lowest BCUT2D eigenvalue weighted by Crippen LogP contribution is -2.59. The SMILES string of the molecule is CCC(C)C1CN(Cc2ccncc2)C(C(C)CC)CN1. The van der Waals surface area contributed by atoms with Crippen LogP contribution in [0.25, 0.3) is 0 Å². The molecule has 0 aromatic carbocycles. The van der Waals surface area contributed by atoms with Gasteiger partial charge in [-0.1, -0.05) is 40.5 Å². The summed E-state index contributed by atoms with van der Waals surface area (Å²) in [6, 6.07) is 5.56. The Kier molecular flexibility index (Phi) is 6.19. The first-order valence-corrected chi connectivity index (χ1v) is 8.52. The summed E-state index contributed by atoms with van der Waals surface area (Å²) < 4.78 is 0. The Morgan fingerprint density at radius 3 is 2.48 bits per heavy atom. The Morgan fingerprint density at radius 2 is 1.86 bits per heavy atom. The Labute approximate surface area is 130 Å². The highest BCUT2D eigenvalue weighted by Crippen LogP contribution is 2.23. The third kappa shape index (κ3) is 4.27. The third-order valence-corrected chi connectivity index (χ3v) is 5.26. The molecule has 2 rings (SSSR count). The van der Waals surface area contributed by atoms with Gasteiger partial charge in [0.15, 0.2) is 0 Å². The summed E-state index contributed by atoms with van der Waals surface area (Å²) in [5.41, 5.74) is 1.38. The molecule has 1 fully saturated rings. The summed E-state index contributed by atoms with van der Waals surface area (Å²) in [6.45, 7) is 12.7. The molecule has 0 aliphatic carbocycles. The van der Waals surface area contributed by atoms with Gasteiger partial charge in [0.2, 0.25) is 0 Å². The van der Waals surface area contributed by atoms with Crippen LogP contribution in [0.2, 0.25) is 0 Å². The predicted molar refractivity (Wildman–Crippen MR) is 89.1 cm³/mol. The molecule has 4 unspecified atom stereocenters. The summed E-state index contributed by atoms with van der Waals surface area (Å²) in [4.78, 5) is 6.83. The molecule has 3 heteroatoms. The number of aromatic nitrogens is 1. The van der Waals surface area contributed by atoms with Gasteiger partial charge in [0.25, 0.3) is 0 Å². The molecule has 0 radical (unpaired) electrons. The quantitative estimate of drug-likeness (QED) is 0.871. The molecule has 0 amide bonds. The van der Waals surface area contributed by atoms with Crippen LogP contribution in [0.4, 0.5) is 0 Å². The van der Waals surface area contributed by atoms with E-state index in [4.69, 9.17) is 0 Å². The lowest BCUT2D eigenvalue weighted by atomic mass is 9.90. The van der Waals surface area contributed by atoms with E-state index in [0.717, 1.165) is 31.5 Å². The van der Waals surface area contributed by atoms with Gasteiger partial charge in [-0.2, -0.15) is 0 Å². The maximum absolute atomic E-state index is 4.13. The summed E-state index contributed by atoms with van der Waals surface area (Å²) in [7, 11) is 0. The molecule has 0 spiro atoms. The highest BCUT2D eigenvalue weighted by Gasteiger charge is 2.32. The van der Waals surface area contributed by atoms with E-state index in [0.29, 0.717) is 12.1 Å². The number of pyridine rings is 1. The second kappa shape index (κ2) is 7.90. The van der Waals surface area contributed by atoms with Crippen molar-refractivity contribution in [2.75, 3.05) is 13.1 Å². The Morgan fingerprint density at radius 1 is 1.19 bits per heavy atom. The molecule has 2 heterocycles. The Bertz CT molecular complexity index is 406. The van der Waals surface area contributed by atoms with E-state index in [9.17, 15) is 0 Å². The lowest BCUT2D eigenvalue weighted by molar-refractivity contribution is 0.0693. The maximum atomic E-state index is 4.13. The van der Waals surface area contributed by atoms with Gasteiger partial charge in [0, 0.05) is 44.1 Å². The van der Waals surface area contributed by atoms with Crippen LogP contribution in [0.15, 0.2) is 24.5 Å². The van der Waals surface area contributed by atoms with E-state index in [2.05, 4.69) is 55.0 Å². The average molecular weight is 289 g/mol. The first kappa shape index (κ1) is 16.4. The highest BCUT2D eigenvalue weighted by atomic mass is 15.2. The fourth-order valence-electron chi connectivity index (χ4n) is 3.26. The second-order valence-corrected chi connectivity index (χ2v) is 6.64. The molecule has 4 atom stereocenters. The van der Waals surface area contributed by atoms with Crippen LogP contribution >= 0.6 is 0 Å². The zero-order valence-corrected chi connectivity index (χ0v) is 14.0. The van der Waals surface area contributed by atoms with Crippen LogP contribution in [0.1, 0.15) is 46.1 Å². The van der Waals surface area contributed by atoms with Crippen molar-refractivity contribution in [3.05, 3.63) is 30.1 Å². The molecule has 0 saturated carbocycles. The molecule has 1 aromatic heterocycles. The maximum Gasteiger partial charge on any atom is 0.0271 e. The number of hydrogen-bond acceptors (Lipinski definition) is 3. The topological polar surface area (TPSA) is 28.2 Å². The molecule has 0 bridgehead atoms. The van der Waals surface area contributed by atoms with E-state index in [-0.39, 0.29) is 0 Å². The molecule has 1 N–H and O–H groups in total. The standard InChI is InChI=1S/C18H31N3/c1-5-14(3)17-13-21(12-16-7-9-19-10-8-16)18(11-20-17)15(4)6-2/h7-10,14-15,17-18,20H,5-6,11-13H2,1-4H3. The van der Waals surface area contributed by atoms with Gasteiger partial charge in [-0.15, -0.1) is 0 Å². The van der Waals surface area contributed by atoms with Gasteiger partial charge in [-0.3, -0.25) is 9.88 Å². The van der Waals surface area contributed by atoms with Crippen molar-refractivity contribution in [1.29, 1.82) is 0 Å². The fraction of sp³-hybridized carbons (Fsp3) is 0.722. The van der Waals surface area contributed by atoms with Crippen molar-refractivity contribution >= 4 is 0 Å². The monoisotopic (exact) mass is 289 g/mol. The van der Waals surface area contributed by atoms with Crippen molar-refractivity contribution < 1.29 is 0 Å². The van der Waals surface area contributed by atoms with E-state index in [1.165, 1.54) is 18.4 Å². The van der Waals surface area contributed by atoms with Crippen molar-refractivity contribution in [1.82, 2.24) is 15.2 Å². The predicted octanol–water partition coefficient (Wildman–Crippen LogP) is 3.32. The van der Waals surface area contributed by atoms with Crippen LogP contribution in [0.5, 0.6) is 0 Å². The Balaban J connectivity index is 2.09. The Hall–Kier alpha value is -0.930. The molecular formula is C18H31N3. The number of nitrogens with one attached hydrogen (secondary N) is 1. The zero-order chi connectivity index (χ0) is 15.2. The van der Waals surface area contributed by atoms with Gasteiger partial charge >= 0.3 is 0 Å². The van der Waals surface area contributed by atoms with E-state index >= 15 is 0 Å². The number of piperazine rings is 1.